The highest BCUT2D eigenvalue weighted by molar-refractivity contribution is 6.32. The highest BCUT2D eigenvalue weighted by atomic mass is 35.5. The van der Waals surface area contributed by atoms with Gasteiger partial charge in [0, 0.05) is 10.7 Å². The van der Waals surface area contributed by atoms with Crippen LogP contribution < -0.4 is 5.32 Å². The molecule has 0 spiro atoms. The van der Waals surface area contributed by atoms with E-state index < -0.39 is 5.97 Å². The molecular weight excluding hydrogens is 341 g/mol. The number of hydrogen-bond donors (Lipinski definition) is 2. The van der Waals surface area contributed by atoms with Crippen molar-refractivity contribution in [3.8, 4) is 0 Å². The van der Waals surface area contributed by atoms with Crippen molar-refractivity contribution in [3.05, 3.63) is 70.5 Å². The molecule has 0 atom stereocenters. The van der Waals surface area contributed by atoms with E-state index in [0.29, 0.717) is 16.6 Å². The van der Waals surface area contributed by atoms with Crippen LogP contribution in [0.4, 0.5) is 15.8 Å². The molecule has 1 fully saturated rings. The summed E-state index contributed by atoms with van der Waals surface area (Å²) < 4.78 is 13.3. The summed E-state index contributed by atoms with van der Waals surface area (Å²) in [5, 5.41) is 14.8. The molecule has 0 heterocycles. The number of aromatic carboxylic acids is 1. The number of fused-ring (bicyclic) bond motifs is 1. The van der Waals surface area contributed by atoms with Crippen molar-refractivity contribution >= 4 is 39.7 Å². The average molecular weight is 356 g/mol. The van der Waals surface area contributed by atoms with E-state index in [-0.39, 0.29) is 11.4 Å². The largest absolute Gasteiger partial charge is 0.478 e. The Morgan fingerprint density at radius 2 is 1.80 bits per heavy atom. The van der Waals surface area contributed by atoms with Crippen LogP contribution in [0.25, 0.3) is 10.8 Å². The Balaban J connectivity index is 1.75. The van der Waals surface area contributed by atoms with Crippen molar-refractivity contribution in [1.82, 2.24) is 0 Å². The second-order valence-corrected chi connectivity index (χ2v) is 6.74. The van der Waals surface area contributed by atoms with Crippen LogP contribution in [-0.4, -0.2) is 11.1 Å². The summed E-state index contributed by atoms with van der Waals surface area (Å²) in [4.78, 5) is 11.6. The molecule has 2 N–H and O–H groups in total. The Labute approximate surface area is 149 Å². The zero-order valence-electron chi connectivity index (χ0n) is 13.2. The highest BCUT2D eigenvalue weighted by Gasteiger charge is 2.27. The van der Waals surface area contributed by atoms with Crippen molar-refractivity contribution in [2.75, 3.05) is 5.32 Å². The van der Waals surface area contributed by atoms with Gasteiger partial charge in [-0.05, 0) is 71.5 Å². The normalized spacial score (nSPS) is 13.8. The number of rotatable bonds is 4. The third kappa shape index (κ3) is 3.17. The fourth-order valence-corrected chi connectivity index (χ4v) is 3.35. The minimum atomic E-state index is -1.03. The molecule has 0 amide bonds. The molecule has 0 aliphatic heterocycles. The summed E-state index contributed by atoms with van der Waals surface area (Å²) in [7, 11) is 0. The first-order chi connectivity index (χ1) is 12.0. The molecule has 1 aliphatic carbocycles. The van der Waals surface area contributed by atoms with Gasteiger partial charge in [-0.2, -0.15) is 0 Å². The van der Waals surface area contributed by atoms with Crippen LogP contribution in [0.15, 0.2) is 48.5 Å². The number of carbonyl (C=O) groups is 1. The van der Waals surface area contributed by atoms with Gasteiger partial charge >= 0.3 is 5.97 Å². The Morgan fingerprint density at radius 3 is 2.52 bits per heavy atom. The van der Waals surface area contributed by atoms with Crippen LogP contribution in [-0.2, 0) is 0 Å². The zero-order chi connectivity index (χ0) is 17.6. The predicted molar refractivity (Wildman–Crippen MR) is 97.6 cm³/mol. The molecule has 4 rings (SSSR count). The van der Waals surface area contributed by atoms with Crippen LogP contribution in [0.5, 0.6) is 0 Å². The Bertz CT molecular complexity index is 998. The van der Waals surface area contributed by atoms with Gasteiger partial charge < -0.3 is 10.4 Å². The van der Waals surface area contributed by atoms with Crippen LogP contribution in [0.2, 0.25) is 5.02 Å². The van der Waals surface area contributed by atoms with Gasteiger partial charge in [0.15, 0.2) is 0 Å². The van der Waals surface area contributed by atoms with Crippen molar-refractivity contribution in [1.29, 1.82) is 0 Å². The second-order valence-electron chi connectivity index (χ2n) is 6.33. The summed E-state index contributed by atoms with van der Waals surface area (Å²) in [6.07, 6.45) is 2.15. The van der Waals surface area contributed by atoms with Crippen LogP contribution in [0, 0.1) is 5.82 Å². The number of carboxylic acids is 1. The van der Waals surface area contributed by atoms with Crippen LogP contribution >= 0.6 is 11.6 Å². The molecule has 3 aromatic carbocycles. The Morgan fingerprint density at radius 1 is 1.08 bits per heavy atom. The lowest BCUT2D eigenvalue weighted by molar-refractivity contribution is 0.0698. The second kappa shape index (κ2) is 6.05. The number of nitrogens with one attached hydrogen (secondary N) is 1. The molecule has 126 valence electrons. The smallest absolute Gasteiger partial charge is 0.337 e. The molecule has 25 heavy (non-hydrogen) atoms. The number of halogens is 2. The lowest BCUT2D eigenvalue weighted by Crippen LogP contribution is -2.04. The van der Waals surface area contributed by atoms with Gasteiger partial charge in [-0.1, -0.05) is 23.7 Å². The van der Waals surface area contributed by atoms with E-state index in [2.05, 4.69) is 5.32 Å². The summed E-state index contributed by atoms with van der Waals surface area (Å²) in [5.74, 6) is -0.904. The molecule has 0 aromatic heterocycles. The van der Waals surface area contributed by atoms with Gasteiger partial charge in [0.05, 0.1) is 11.3 Å². The fraction of sp³-hybridized carbons (Fsp3) is 0.150. The molecule has 0 unspecified atom stereocenters. The fourth-order valence-electron chi connectivity index (χ4n) is 3.03. The van der Waals surface area contributed by atoms with Crippen molar-refractivity contribution in [2.45, 2.75) is 18.8 Å². The van der Waals surface area contributed by atoms with E-state index in [1.807, 2.05) is 12.1 Å². The minimum absolute atomic E-state index is 0.133. The van der Waals surface area contributed by atoms with E-state index >= 15 is 0 Å². The quantitative estimate of drug-likeness (QED) is 0.607. The van der Waals surface area contributed by atoms with E-state index in [4.69, 9.17) is 11.6 Å². The molecule has 0 saturated heterocycles. The number of carboxylic acid groups (broad SMARTS) is 1. The topological polar surface area (TPSA) is 49.3 Å². The van der Waals surface area contributed by atoms with Crippen LogP contribution in [0.3, 0.4) is 0 Å². The lowest BCUT2D eigenvalue weighted by Gasteiger charge is -2.14. The van der Waals surface area contributed by atoms with E-state index in [9.17, 15) is 14.3 Å². The van der Waals surface area contributed by atoms with E-state index in [1.165, 1.54) is 18.2 Å². The van der Waals surface area contributed by atoms with Gasteiger partial charge in [0.25, 0.3) is 0 Å². The van der Waals surface area contributed by atoms with Gasteiger partial charge in [0.2, 0.25) is 0 Å². The molecule has 3 nitrogen and oxygen atoms in total. The van der Waals surface area contributed by atoms with Gasteiger partial charge in [-0.15, -0.1) is 0 Å². The number of anilines is 2. The van der Waals surface area contributed by atoms with E-state index in [0.717, 1.165) is 34.9 Å². The average Bonchev–Trinajstić information content (AvgIpc) is 3.41. The molecule has 0 bridgehead atoms. The van der Waals surface area contributed by atoms with E-state index in [1.54, 1.807) is 18.2 Å². The maximum Gasteiger partial charge on any atom is 0.337 e. The number of hydrogen-bond acceptors (Lipinski definition) is 2. The third-order valence-corrected chi connectivity index (χ3v) is 4.79. The third-order valence-electron chi connectivity index (χ3n) is 4.47. The van der Waals surface area contributed by atoms with Crippen LogP contribution in [0.1, 0.15) is 34.7 Å². The molecular formula is C20H15ClFNO2. The van der Waals surface area contributed by atoms with Gasteiger partial charge in [-0.3, -0.25) is 0 Å². The summed E-state index contributed by atoms with van der Waals surface area (Å²) in [5.41, 5.74) is 2.37. The lowest BCUT2D eigenvalue weighted by atomic mass is 10.0. The zero-order valence-corrected chi connectivity index (χ0v) is 14.0. The standard InChI is InChI=1S/C20H15ClFNO2/c21-18-9-17(20(24)25)19(10-16(18)11-1-2-11)23-15-6-4-12-7-14(22)5-3-13(12)8-15/h3-11,23H,1-2H2,(H,24,25). The first-order valence-corrected chi connectivity index (χ1v) is 8.42. The molecule has 1 aliphatic rings. The molecule has 1 saturated carbocycles. The Hall–Kier alpha value is -2.59. The number of benzene rings is 3. The molecule has 3 aromatic rings. The van der Waals surface area contributed by atoms with Gasteiger partial charge in [0.1, 0.15) is 5.82 Å². The predicted octanol–water partition coefficient (Wildman–Crippen LogP) is 5.95. The Kier molecular flexibility index (Phi) is 3.85. The first kappa shape index (κ1) is 15.9. The molecule has 0 radical (unpaired) electrons. The monoisotopic (exact) mass is 355 g/mol. The van der Waals surface area contributed by atoms with Gasteiger partial charge in [-0.25, -0.2) is 9.18 Å². The first-order valence-electron chi connectivity index (χ1n) is 8.04. The van der Waals surface area contributed by atoms with Crippen molar-refractivity contribution < 1.29 is 14.3 Å². The summed E-state index contributed by atoms with van der Waals surface area (Å²) >= 11 is 6.25. The summed E-state index contributed by atoms with van der Waals surface area (Å²) in [6, 6.07) is 13.4. The van der Waals surface area contributed by atoms with Crippen molar-refractivity contribution in [2.24, 2.45) is 0 Å². The minimum Gasteiger partial charge on any atom is -0.478 e. The maximum atomic E-state index is 13.3. The maximum absolute atomic E-state index is 13.3. The molecule has 5 heteroatoms. The highest BCUT2D eigenvalue weighted by Crippen LogP contribution is 2.45. The van der Waals surface area contributed by atoms with Crippen molar-refractivity contribution in [3.63, 3.8) is 0 Å². The summed E-state index contributed by atoms with van der Waals surface area (Å²) in [6.45, 7) is 0. The SMILES string of the molecule is O=C(O)c1cc(Cl)c(C2CC2)cc1Nc1ccc2cc(F)ccc2c1.